The molecule has 3 N–H and O–H groups in total. The van der Waals surface area contributed by atoms with Crippen molar-refractivity contribution in [2.45, 2.75) is 46.0 Å². The molecule has 1 aromatic heterocycles. The molecule has 5 nitrogen and oxygen atoms in total. The number of hydrogen-bond donors (Lipinski definition) is 2. The van der Waals surface area contributed by atoms with Gasteiger partial charge in [0.15, 0.2) is 0 Å². The lowest BCUT2D eigenvalue weighted by Gasteiger charge is -2.09. The summed E-state index contributed by atoms with van der Waals surface area (Å²) in [6, 6.07) is 4.80. The number of carbonyl (C=O) groups excluding carboxylic acids is 1. The number of nitrogens with two attached hydrogens (primary N) is 1. The number of hydrogen-bond acceptors (Lipinski definition) is 4. The van der Waals surface area contributed by atoms with E-state index < -0.39 is 17.6 Å². The number of nitrogens with one attached hydrogen (secondary N) is 1. The van der Waals surface area contributed by atoms with Crippen molar-refractivity contribution >= 4 is 5.91 Å². The van der Waals surface area contributed by atoms with E-state index in [1.54, 1.807) is 6.92 Å². The van der Waals surface area contributed by atoms with Gasteiger partial charge in [-0.1, -0.05) is 12.1 Å². The highest BCUT2D eigenvalue weighted by Crippen LogP contribution is 2.29. The van der Waals surface area contributed by atoms with Crippen LogP contribution in [-0.2, 0) is 12.7 Å². The molecular formula is C18H23F3N4O. The Morgan fingerprint density at radius 1 is 1.19 bits per heavy atom. The number of aromatic nitrogens is 2. The quantitative estimate of drug-likeness (QED) is 0.869. The molecule has 1 aromatic carbocycles. The van der Waals surface area contributed by atoms with Gasteiger partial charge in [0, 0.05) is 18.3 Å². The molecule has 0 aliphatic rings. The molecule has 0 fully saturated rings. The summed E-state index contributed by atoms with van der Waals surface area (Å²) in [4.78, 5) is 19.6. The Hall–Kier alpha value is -2.48. The van der Waals surface area contributed by atoms with Crippen LogP contribution >= 0.6 is 0 Å². The molecule has 26 heavy (non-hydrogen) atoms. The second-order valence-corrected chi connectivity index (χ2v) is 6.79. The lowest BCUT2D eigenvalue weighted by molar-refractivity contribution is -0.137. The first-order valence-corrected chi connectivity index (χ1v) is 7.88. The molecular weight excluding hydrogens is 345 g/mol. The highest BCUT2D eigenvalue weighted by Gasteiger charge is 2.30. The summed E-state index contributed by atoms with van der Waals surface area (Å²) in [6.45, 7) is 7.57. The molecule has 0 radical (unpaired) electrons. The summed E-state index contributed by atoms with van der Waals surface area (Å²) in [5, 5.41) is 2.51. The van der Waals surface area contributed by atoms with Crippen molar-refractivity contribution in [1.29, 1.82) is 0 Å². The average Bonchev–Trinajstić information content (AvgIpc) is 2.50. The standard InChI is InChI=1S/C14H12F3N3O.C4H11N/c1-9-6-18-8-12(20-9)13(21)19-7-10-3-2-4-11(5-10)14(15,16)17;1-4(2,3)5/h2-6,8H,7H2,1H3,(H,19,21);5H2,1-3H3. The fraction of sp³-hybridized carbons (Fsp3) is 0.389. The predicted octanol–water partition coefficient (Wildman–Crippen LogP) is 3.48. The smallest absolute Gasteiger partial charge is 0.347 e. The molecule has 142 valence electrons. The van der Waals surface area contributed by atoms with Crippen molar-refractivity contribution in [2.24, 2.45) is 5.73 Å². The van der Waals surface area contributed by atoms with Gasteiger partial charge in [-0.25, -0.2) is 4.98 Å². The molecule has 2 rings (SSSR count). The van der Waals surface area contributed by atoms with Crippen LogP contribution in [0.15, 0.2) is 36.7 Å². The van der Waals surface area contributed by atoms with Crippen LogP contribution in [0.3, 0.4) is 0 Å². The van der Waals surface area contributed by atoms with Gasteiger partial charge in [-0.15, -0.1) is 0 Å². The predicted molar refractivity (Wildman–Crippen MR) is 93.3 cm³/mol. The molecule has 0 unspecified atom stereocenters. The summed E-state index contributed by atoms with van der Waals surface area (Å²) < 4.78 is 37.7. The minimum absolute atomic E-state index is 0. The van der Waals surface area contributed by atoms with E-state index in [-0.39, 0.29) is 17.8 Å². The van der Waals surface area contributed by atoms with Gasteiger partial charge >= 0.3 is 6.18 Å². The van der Waals surface area contributed by atoms with Crippen LogP contribution in [-0.4, -0.2) is 21.4 Å². The minimum Gasteiger partial charge on any atom is -0.347 e. The number of benzene rings is 1. The first kappa shape index (κ1) is 21.6. The van der Waals surface area contributed by atoms with E-state index in [1.807, 2.05) is 20.8 Å². The number of alkyl halides is 3. The number of halogens is 3. The van der Waals surface area contributed by atoms with Crippen molar-refractivity contribution in [3.63, 3.8) is 0 Å². The summed E-state index contributed by atoms with van der Waals surface area (Å²) in [5.74, 6) is -0.483. The largest absolute Gasteiger partial charge is 0.416 e. The lowest BCUT2D eigenvalue weighted by Crippen LogP contribution is -2.26. The van der Waals surface area contributed by atoms with Crippen LogP contribution in [0.4, 0.5) is 13.2 Å². The highest BCUT2D eigenvalue weighted by molar-refractivity contribution is 5.91. The molecule has 8 heteroatoms. The van der Waals surface area contributed by atoms with E-state index >= 15 is 0 Å². The lowest BCUT2D eigenvalue weighted by atomic mass is 10.1. The molecule has 2 aromatic rings. The van der Waals surface area contributed by atoms with Crippen molar-refractivity contribution < 1.29 is 18.0 Å². The maximum absolute atomic E-state index is 12.6. The van der Waals surface area contributed by atoms with Crippen molar-refractivity contribution in [1.82, 2.24) is 15.3 Å². The van der Waals surface area contributed by atoms with Gasteiger partial charge in [0.05, 0.1) is 17.5 Å². The zero-order valence-electron chi connectivity index (χ0n) is 15.2. The number of carbonyl (C=O) groups is 1. The maximum atomic E-state index is 12.6. The third kappa shape index (κ3) is 8.57. The number of nitrogens with zero attached hydrogens (tertiary/aromatic N) is 2. The topological polar surface area (TPSA) is 80.9 Å². The molecule has 0 aliphatic carbocycles. The molecule has 0 saturated heterocycles. The number of rotatable bonds is 3. The summed E-state index contributed by atoms with van der Waals surface area (Å²) in [7, 11) is 0. The Morgan fingerprint density at radius 2 is 1.81 bits per heavy atom. The maximum Gasteiger partial charge on any atom is 0.416 e. The van der Waals surface area contributed by atoms with E-state index in [1.165, 1.54) is 24.5 Å². The van der Waals surface area contributed by atoms with Crippen LogP contribution in [0.5, 0.6) is 0 Å². The molecule has 0 bridgehead atoms. The Bertz CT molecular complexity index is 734. The van der Waals surface area contributed by atoms with Gasteiger partial charge in [0.2, 0.25) is 0 Å². The SMILES string of the molecule is CC(C)(C)N.Cc1cncc(C(=O)NCc2cccc(C(F)(F)F)c2)n1. The molecule has 1 heterocycles. The summed E-state index contributed by atoms with van der Waals surface area (Å²) >= 11 is 0. The van der Waals surface area contributed by atoms with Crippen LogP contribution in [0.25, 0.3) is 0 Å². The van der Waals surface area contributed by atoms with Gasteiger partial charge in [-0.05, 0) is 45.4 Å². The molecule has 0 aliphatic heterocycles. The Morgan fingerprint density at radius 3 is 2.35 bits per heavy atom. The summed E-state index contributed by atoms with van der Waals surface area (Å²) in [6.07, 6.45) is -1.60. The third-order valence-corrected chi connectivity index (χ3v) is 2.70. The van der Waals surface area contributed by atoms with Gasteiger partial charge < -0.3 is 11.1 Å². The van der Waals surface area contributed by atoms with E-state index in [0.717, 1.165) is 12.1 Å². The zero-order chi connectivity index (χ0) is 20.0. The number of aryl methyl sites for hydroxylation is 1. The number of amides is 1. The van der Waals surface area contributed by atoms with E-state index in [4.69, 9.17) is 5.73 Å². The van der Waals surface area contributed by atoms with E-state index in [9.17, 15) is 18.0 Å². The van der Waals surface area contributed by atoms with E-state index in [2.05, 4.69) is 15.3 Å². The second-order valence-electron chi connectivity index (χ2n) is 6.79. The van der Waals surface area contributed by atoms with Crippen LogP contribution in [0.2, 0.25) is 0 Å². The average molecular weight is 368 g/mol. The van der Waals surface area contributed by atoms with Crippen molar-refractivity contribution in [3.8, 4) is 0 Å². The molecule has 0 spiro atoms. The minimum atomic E-state index is -4.40. The zero-order valence-corrected chi connectivity index (χ0v) is 15.2. The summed E-state index contributed by atoms with van der Waals surface area (Å²) in [5.41, 5.74) is 5.68. The first-order chi connectivity index (χ1) is 11.9. The Kier molecular flexibility index (Phi) is 7.26. The van der Waals surface area contributed by atoms with Gasteiger partial charge in [0.25, 0.3) is 5.91 Å². The molecule has 0 saturated carbocycles. The van der Waals surface area contributed by atoms with Crippen molar-refractivity contribution in [3.05, 3.63) is 59.2 Å². The molecule has 0 atom stereocenters. The molecule has 1 amide bonds. The van der Waals surface area contributed by atoms with Crippen molar-refractivity contribution in [2.75, 3.05) is 0 Å². The monoisotopic (exact) mass is 368 g/mol. The highest BCUT2D eigenvalue weighted by atomic mass is 19.4. The fourth-order valence-corrected chi connectivity index (χ4v) is 1.70. The van der Waals surface area contributed by atoms with Crippen LogP contribution < -0.4 is 11.1 Å². The Balaban J connectivity index is 0.000000597. The second kappa shape index (κ2) is 8.75. The van der Waals surface area contributed by atoms with Gasteiger partial charge in [-0.3, -0.25) is 9.78 Å². The first-order valence-electron chi connectivity index (χ1n) is 7.88. The third-order valence-electron chi connectivity index (χ3n) is 2.70. The normalized spacial score (nSPS) is 11.4. The fourth-order valence-electron chi connectivity index (χ4n) is 1.70. The van der Waals surface area contributed by atoms with Crippen LogP contribution in [0, 0.1) is 6.92 Å². The van der Waals surface area contributed by atoms with E-state index in [0.29, 0.717) is 11.3 Å². The van der Waals surface area contributed by atoms with Crippen LogP contribution in [0.1, 0.15) is 48.1 Å². The van der Waals surface area contributed by atoms with Gasteiger partial charge in [-0.2, -0.15) is 13.2 Å². The van der Waals surface area contributed by atoms with Gasteiger partial charge in [0.1, 0.15) is 5.69 Å². The Labute approximate surface area is 150 Å².